The quantitative estimate of drug-likeness (QED) is 0.607. The molecule has 2 atom stereocenters. The van der Waals surface area contributed by atoms with Crippen LogP contribution in [0.15, 0.2) is 0 Å². The molecule has 2 N–H and O–H groups in total. The zero-order chi connectivity index (χ0) is 8.15. The van der Waals surface area contributed by atoms with Crippen molar-refractivity contribution in [1.82, 2.24) is 5.32 Å². The van der Waals surface area contributed by atoms with Gasteiger partial charge in [0.05, 0.1) is 5.92 Å². The van der Waals surface area contributed by atoms with Crippen molar-refractivity contribution in [2.75, 3.05) is 13.6 Å². The highest BCUT2D eigenvalue weighted by molar-refractivity contribution is 5.69. The van der Waals surface area contributed by atoms with E-state index in [-0.39, 0.29) is 11.8 Å². The predicted molar refractivity (Wildman–Crippen MR) is 39.9 cm³/mol. The Hall–Kier alpha value is -0.570. The van der Waals surface area contributed by atoms with E-state index in [1.165, 1.54) is 0 Å². The Morgan fingerprint density at radius 1 is 1.60 bits per heavy atom. The predicted octanol–water partition coefficient (Wildman–Crippen LogP) is 0.563. The van der Waals surface area contributed by atoms with E-state index >= 15 is 0 Å². The maximum absolute atomic E-state index is 10.4. The Balaban J connectivity index is 3.69. The van der Waals surface area contributed by atoms with Crippen LogP contribution in [0.1, 0.15) is 13.8 Å². The van der Waals surface area contributed by atoms with Crippen LogP contribution in [-0.4, -0.2) is 24.7 Å². The Bertz CT molecular complexity index is 114. The number of carboxylic acids is 1. The van der Waals surface area contributed by atoms with Crippen molar-refractivity contribution in [3.05, 3.63) is 0 Å². The number of rotatable bonds is 4. The summed E-state index contributed by atoms with van der Waals surface area (Å²) >= 11 is 0. The van der Waals surface area contributed by atoms with E-state index in [1.54, 1.807) is 6.92 Å². The number of carboxylic acid groups (broad SMARTS) is 1. The third-order valence-corrected chi connectivity index (χ3v) is 1.77. The van der Waals surface area contributed by atoms with Crippen LogP contribution >= 0.6 is 0 Å². The van der Waals surface area contributed by atoms with Gasteiger partial charge in [0.25, 0.3) is 0 Å². The molecule has 0 saturated carbocycles. The second-order valence-corrected chi connectivity index (χ2v) is 2.66. The highest BCUT2D eigenvalue weighted by atomic mass is 16.4. The van der Waals surface area contributed by atoms with E-state index in [1.807, 2.05) is 14.0 Å². The molecule has 3 nitrogen and oxygen atoms in total. The Morgan fingerprint density at radius 2 is 2.10 bits per heavy atom. The fourth-order valence-corrected chi connectivity index (χ4v) is 0.742. The third-order valence-electron chi connectivity index (χ3n) is 1.77. The van der Waals surface area contributed by atoms with Crippen molar-refractivity contribution in [1.29, 1.82) is 0 Å². The van der Waals surface area contributed by atoms with Crippen LogP contribution in [0.25, 0.3) is 0 Å². The van der Waals surface area contributed by atoms with Gasteiger partial charge in [0, 0.05) is 0 Å². The van der Waals surface area contributed by atoms with Gasteiger partial charge in [-0.2, -0.15) is 0 Å². The smallest absolute Gasteiger partial charge is 0.306 e. The summed E-state index contributed by atoms with van der Waals surface area (Å²) in [7, 11) is 1.82. The lowest BCUT2D eigenvalue weighted by Crippen LogP contribution is -2.26. The molecule has 0 aromatic heterocycles. The van der Waals surface area contributed by atoms with Gasteiger partial charge >= 0.3 is 5.97 Å². The first-order valence-electron chi connectivity index (χ1n) is 3.47. The Morgan fingerprint density at radius 3 is 2.40 bits per heavy atom. The van der Waals surface area contributed by atoms with Crippen LogP contribution in [0.2, 0.25) is 0 Å². The van der Waals surface area contributed by atoms with Crippen LogP contribution in [0.3, 0.4) is 0 Å². The average molecular weight is 145 g/mol. The number of carbonyl (C=O) groups is 1. The van der Waals surface area contributed by atoms with Gasteiger partial charge in [-0.15, -0.1) is 0 Å². The molecule has 3 heteroatoms. The molecule has 0 fully saturated rings. The largest absolute Gasteiger partial charge is 0.481 e. The van der Waals surface area contributed by atoms with E-state index in [0.717, 1.165) is 6.54 Å². The molecule has 0 aromatic carbocycles. The van der Waals surface area contributed by atoms with Crippen molar-refractivity contribution in [3.63, 3.8) is 0 Å². The Kier molecular flexibility index (Phi) is 4.03. The molecule has 60 valence electrons. The van der Waals surface area contributed by atoms with Crippen molar-refractivity contribution in [2.24, 2.45) is 11.8 Å². The molecule has 0 aliphatic heterocycles. The molecule has 10 heavy (non-hydrogen) atoms. The minimum atomic E-state index is -0.720. The molecule has 0 amide bonds. The molecule has 0 rings (SSSR count). The minimum Gasteiger partial charge on any atom is -0.481 e. The topological polar surface area (TPSA) is 49.3 Å². The van der Waals surface area contributed by atoms with Gasteiger partial charge in [0.15, 0.2) is 0 Å². The van der Waals surface area contributed by atoms with Crippen LogP contribution in [-0.2, 0) is 4.79 Å². The molecule has 0 aromatic rings. The van der Waals surface area contributed by atoms with E-state index in [2.05, 4.69) is 5.32 Å². The molecule has 0 spiro atoms. The summed E-state index contributed by atoms with van der Waals surface area (Å²) in [5.41, 5.74) is 0. The maximum Gasteiger partial charge on any atom is 0.306 e. The molecule has 0 aliphatic rings. The SMILES string of the molecule is CNCC(C)C(C)C(=O)O. The van der Waals surface area contributed by atoms with E-state index < -0.39 is 5.97 Å². The molecule has 2 unspecified atom stereocenters. The van der Waals surface area contributed by atoms with Crippen LogP contribution < -0.4 is 5.32 Å². The van der Waals surface area contributed by atoms with Gasteiger partial charge in [-0.25, -0.2) is 0 Å². The molecular formula is C7H15NO2. The lowest BCUT2D eigenvalue weighted by atomic mass is 9.96. The summed E-state index contributed by atoms with van der Waals surface area (Å²) in [5, 5.41) is 11.5. The third kappa shape index (κ3) is 2.82. The number of nitrogens with one attached hydrogen (secondary N) is 1. The standard InChI is InChI=1S/C7H15NO2/c1-5(4-8-3)6(2)7(9)10/h5-6,8H,4H2,1-3H3,(H,9,10). The molecule has 0 bridgehead atoms. The fourth-order valence-electron chi connectivity index (χ4n) is 0.742. The fraction of sp³-hybridized carbons (Fsp3) is 0.857. The summed E-state index contributed by atoms with van der Waals surface area (Å²) in [6.07, 6.45) is 0. The summed E-state index contributed by atoms with van der Waals surface area (Å²) in [4.78, 5) is 10.4. The zero-order valence-electron chi connectivity index (χ0n) is 6.72. The molecule has 0 radical (unpaired) electrons. The monoisotopic (exact) mass is 145 g/mol. The van der Waals surface area contributed by atoms with Crippen molar-refractivity contribution < 1.29 is 9.90 Å². The normalized spacial score (nSPS) is 16.3. The lowest BCUT2D eigenvalue weighted by molar-refractivity contribution is -0.142. The highest BCUT2D eigenvalue weighted by Crippen LogP contribution is 2.08. The molecule has 0 saturated heterocycles. The lowest BCUT2D eigenvalue weighted by Gasteiger charge is -2.14. The minimum absolute atomic E-state index is 0.197. The first-order valence-corrected chi connectivity index (χ1v) is 3.47. The van der Waals surface area contributed by atoms with Gasteiger partial charge < -0.3 is 10.4 Å². The van der Waals surface area contributed by atoms with Crippen molar-refractivity contribution in [3.8, 4) is 0 Å². The zero-order valence-corrected chi connectivity index (χ0v) is 6.72. The Labute approximate surface area is 61.4 Å². The number of hydrogen-bond donors (Lipinski definition) is 2. The summed E-state index contributed by atoms with van der Waals surface area (Å²) < 4.78 is 0. The van der Waals surface area contributed by atoms with Crippen LogP contribution in [0, 0.1) is 11.8 Å². The number of hydrogen-bond acceptors (Lipinski definition) is 2. The summed E-state index contributed by atoms with van der Waals surface area (Å²) in [6.45, 7) is 4.41. The van der Waals surface area contributed by atoms with Gasteiger partial charge in [0.2, 0.25) is 0 Å². The second kappa shape index (κ2) is 4.28. The van der Waals surface area contributed by atoms with E-state index in [9.17, 15) is 4.79 Å². The maximum atomic E-state index is 10.4. The van der Waals surface area contributed by atoms with Crippen molar-refractivity contribution in [2.45, 2.75) is 13.8 Å². The van der Waals surface area contributed by atoms with Crippen LogP contribution in [0.5, 0.6) is 0 Å². The van der Waals surface area contributed by atoms with E-state index in [0.29, 0.717) is 0 Å². The van der Waals surface area contributed by atoms with Crippen LogP contribution in [0.4, 0.5) is 0 Å². The van der Waals surface area contributed by atoms with Gasteiger partial charge in [0.1, 0.15) is 0 Å². The van der Waals surface area contributed by atoms with Gasteiger partial charge in [-0.1, -0.05) is 13.8 Å². The highest BCUT2D eigenvalue weighted by Gasteiger charge is 2.17. The first-order chi connectivity index (χ1) is 4.59. The van der Waals surface area contributed by atoms with E-state index in [4.69, 9.17) is 5.11 Å². The molecule has 0 aliphatic carbocycles. The summed E-state index contributed by atoms with van der Waals surface area (Å²) in [5.74, 6) is -0.780. The first kappa shape index (κ1) is 9.43. The summed E-state index contributed by atoms with van der Waals surface area (Å²) in [6, 6.07) is 0. The second-order valence-electron chi connectivity index (χ2n) is 2.66. The molecular weight excluding hydrogens is 130 g/mol. The van der Waals surface area contributed by atoms with Crippen molar-refractivity contribution >= 4 is 5.97 Å². The number of aliphatic carboxylic acids is 1. The van der Waals surface area contributed by atoms with Gasteiger partial charge in [-0.3, -0.25) is 4.79 Å². The van der Waals surface area contributed by atoms with Gasteiger partial charge in [-0.05, 0) is 19.5 Å². The molecule has 0 heterocycles. The average Bonchev–Trinajstić information content (AvgIpc) is 1.87.